The topological polar surface area (TPSA) is 52.7 Å². The number of nitrogens with zero attached hydrogens (tertiary/aromatic N) is 2. The number of piperazine rings is 1. The Kier molecular flexibility index (Phi) is 7.25. The lowest BCUT2D eigenvalue weighted by molar-refractivity contribution is -0.125. The van der Waals surface area contributed by atoms with Crippen LogP contribution in [0.1, 0.15) is 37.0 Å². The molecule has 2 amide bonds. The largest absolute Gasteiger partial charge is 0.355 e. The van der Waals surface area contributed by atoms with Crippen LogP contribution in [0, 0.1) is 5.92 Å². The number of carbonyl (C=O) groups is 2. The molecule has 24 heavy (non-hydrogen) atoms. The molecule has 1 aliphatic heterocycles. The molecule has 0 aromatic heterocycles. The van der Waals surface area contributed by atoms with Gasteiger partial charge in [0.05, 0.1) is 0 Å². The van der Waals surface area contributed by atoms with Crippen molar-refractivity contribution in [2.45, 2.75) is 26.7 Å². The Labute approximate surface area is 145 Å². The molecule has 5 nitrogen and oxygen atoms in total. The van der Waals surface area contributed by atoms with E-state index in [1.165, 1.54) is 0 Å². The van der Waals surface area contributed by atoms with Gasteiger partial charge in [-0.15, -0.1) is 0 Å². The Morgan fingerprint density at radius 2 is 1.67 bits per heavy atom. The molecule has 0 aliphatic carbocycles. The van der Waals surface area contributed by atoms with Gasteiger partial charge in [-0.3, -0.25) is 14.5 Å². The molecule has 0 atom stereocenters. The quantitative estimate of drug-likeness (QED) is 0.831. The van der Waals surface area contributed by atoms with Crippen molar-refractivity contribution in [2.75, 3.05) is 39.3 Å². The molecule has 0 bridgehead atoms. The van der Waals surface area contributed by atoms with Gasteiger partial charge in [-0.05, 0) is 25.0 Å². The monoisotopic (exact) mass is 331 g/mol. The summed E-state index contributed by atoms with van der Waals surface area (Å²) in [5.41, 5.74) is 0.753. The van der Waals surface area contributed by atoms with Crippen LogP contribution >= 0.6 is 0 Å². The molecule has 1 aliphatic rings. The summed E-state index contributed by atoms with van der Waals surface area (Å²) in [6, 6.07) is 9.44. The second kappa shape index (κ2) is 9.42. The first-order valence-corrected chi connectivity index (χ1v) is 9.00. The van der Waals surface area contributed by atoms with Gasteiger partial charge in [0.25, 0.3) is 5.91 Å². The molecule has 0 saturated carbocycles. The van der Waals surface area contributed by atoms with E-state index in [4.69, 9.17) is 0 Å². The smallest absolute Gasteiger partial charge is 0.253 e. The third-order valence-electron chi connectivity index (χ3n) is 4.76. The maximum atomic E-state index is 12.4. The molecule has 2 rings (SSSR count). The van der Waals surface area contributed by atoms with Crippen LogP contribution < -0.4 is 5.32 Å². The molecule has 1 aromatic carbocycles. The van der Waals surface area contributed by atoms with Crippen molar-refractivity contribution in [2.24, 2.45) is 5.92 Å². The van der Waals surface area contributed by atoms with Gasteiger partial charge < -0.3 is 10.2 Å². The van der Waals surface area contributed by atoms with Crippen LogP contribution in [-0.4, -0.2) is 60.9 Å². The lowest BCUT2D eigenvalue weighted by atomic mass is 10.0. The summed E-state index contributed by atoms with van der Waals surface area (Å²) in [4.78, 5) is 28.6. The van der Waals surface area contributed by atoms with Gasteiger partial charge in [-0.25, -0.2) is 0 Å². The van der Waals surface area contributed by atoms with E-state index in [0.29, 0.717) is 6.54 Å². The van der Waals surface area contributed by atoms with Crippen molar-refractivity contribution in [3.8, 4) is 0 Å². The highest BCUT2D eigenvalue weighted by molar-refractivity contribution is 5.94. The van der Waals surface area contributed by atoms with Gasteiger partial charge in [-0.2, -0.15) is 0 Å². The first-order chi connectivity index (χ1) is 11.7. The summed E-state index contributed by atoms with van der Waals surface area (Å²) in [5.74, 6) is 0.403. The summed E-state index contributed by atoms with van der Waals surface area (Å²) >= 11 is 0. The van der Waals surface area contributed by atoms with Crippen molar-refractivity contribution in [3.63, 3.8) is 0 Å². The molecular formula is C19H29N3O2. The Morgan fingerprint density at radius 3 is 2.25 bits per heavy atom. The average Bonchev–Trinajstić information content (AvgIpc) is 2.63. The van der Waals surface area contributed by atoms with Gasteiger partial charge in [0.15, 0.2) is 0 Å². The molecule has 0 unspecified atom stereocenters. The van der Waals surface area contributed by atoms with Crippen molar-refractivity contribution in [3.05, 3.63) is 35.9 Å². The third-order valence-corrected chi connectivity index (χ3v) is 4.76. The predicted molar refractivity (Wildman–Crippen MR) is 95.9 cm³/mol. The minimum atomic E-state index is 0.109. The Balaban J connectivity index is 1.70. The molecule has 1 aromatic rings. The lowest BCUT2D eigenvalue weighted by Crippen LogP contribution is -2.50. The van der Waals surface area contributed by atoms with Gasteiger partial charge in [-0.1, -0.05) is 32.0 Å². The Hall–Kier alpha value is -1.88. The highest BCUT2D eigenvalue weighted by Crippen LogP contribution is 2.09. The van der Waals surface area contributed by atoms with Gasteiger partial charge >= 0.3 is 0 Å². The molecule has 0 radical (unpaired) electrons. The summed E-state index contributed by atoms with van der Waals surface area (Å²) in [6.07, 6.45) is 1.78. The molecule has 5 heteroatoms. The molecule has 1 saturated heterocycles. The van der Waals surface area contributed by atoms with Crippen molar-refractivity contribution < 1.29 is 9.59 Å². The standard InChI is InChI=1S/C19H29N3O2/c1-3-16(4-2)18(23)20-10-11-21-12-14-22(15-13-21)19(24)17-8-6-5-7-9-17/h5-9,16H,3-4,10-15H2,1-2H3,(H,20,23). The van der Waals surface area contributed by atoms with Crippen LogP contribution in [0.4, 0.5) is 0 Å². The maximum absolute atomic E-state index is 12.4. The summed E-state index contributed by atoms with van der Waals surface area (Å²) < 4.78 is 0. The second-order valence-corrected chi connectivity index (χ2v) is 6.30. The fourth-order valence-corrected chi connectivity index (χ4v) is 3.08. The Morgan fingerprint density at radius 1 is 1.04 bits per heavy atom. The van der Waals surface area contributed by atoms with Crippen LogP contribution in [0.2, 0.25) is 0 Å². The molecule has 1 heterocycles. The molecular weight excluding hydrogens is 302 g/mol. The zero-order valence-corrected chi connectivity index (χ0v) is 14.8. The first kappa shape index (κ1) is 18.5. The Bertz CT molecular complexity index is 521. The summed E-state index contributed by atoms with van der Waals surface area (Å²) in [6.45, 7) is 8.84. The first-order valence-electron chi connectivity index (χ1n) is 9.00. The van der Waals surface area contributed by atoms with Crippen LogP contribution in [-0.2, 0) is 4.79 Å². The highest BCUT2D eigenvalue weighted by atomic mass is 16.2. The van der Waals surface area contributed by atoms with E-state index in [0.717, 1.165) is 51.1 Å². The van der Waals surface area contributed by atoms with Crippen LogP contribution in [0.3, 0.4) is 0 Å². The van der Waals surface area contributed by atoms with E-state index in [2.05, 4.69) is 24.1 Å². The van der Waals surface area contributed by atoms with E-state index in [9.17, 15) is 9.59 Å². The number of hydrogen-bond donors (Lipinski definition) is 1. The normalized spacial score (nSPS) is 15.5. The molecule has 132 valence electrons. The van der Waals surface area contributed by atoms with Gasteiger partial charge in [0.2, 0.25) is 5.91 Å². The fourth-order valence-electron chi connectivity index (χ4n) is 3.08. The van der Waals surface area contributed by atoms with Gasteiger partial charge in [0.1, 0.15) is 0 Å². The van der Waals surface area contributed by atoms with Crippen LogP contribution in [0.15, 0.2) is 30.3 Å². The molecule has 0 spiro atoms. The number of amides is 2. The number of hydrogen-bond acceptors (Lipinski definition) is 3. The van der Waals surface area contributed by atoms with Gasteiger partial charge in [0, 0.05) is 50.7 Å². The highest BCUT2D eigenvalue weighted by Gasteiger charge is 2.22. The van der Waals surface area contributed by atoms with E-state index < -0.39 is 0 Å². The van der Waals surface area contributed by atoms with Crippen LogP contribution in [0.25, 0.3) is 0 Å². The molecule has 1 fully saturated rings. The van der Waals surface area contributed by atoms with Crippen LogP contribution in [0.5, 0.6) is 0 Å². The number of carbonyl (C=O) groups excluding carboxylic acids is 2. The predicted octanol–water partition coefficient (Wildman–Crippen LogP) is 2.00. The second-order valence-electron chi connectivity index (χ2n) is 6.30. The minimum absolute atomic E-state index is 0.109. The summed E-state index contributed by atoms with van der Waals surface area (Å²) in [5, 5.41) is 3.03. The zero-order chi connectivity index (χ0) is 17.4. The van der Waals surface area contributed by atoms with Crippen molar-refractivity contribution in [1.29, 1.82) is 0 Å². The number of rotatable bonds is 7. The van der Waals surface area contributed by atoms with E-state index >= 15 is 0 Å². The van der Waals surface area contributed by atoms with E-state index in [-0.39, 0.29) is 17.7 Å². The maximum Gasteiger partial charge on any atom is 0.253 e. The molecule has 1 N–H and O–H groups in total. The number of benzene rings is 1. The SMILES string of the molecule is CCC(CC)C(=O)NCCN1CCN(C(=O)c2ccccc2)CC1. The third kappa shape index (κ3) is 5.06. The van der Waals surface area contributed by atoms with E-state index in [1.54, 1.807) is 0 Å². The van der Waals surface area contributed by atoms with Crippen molar-refractivity contribution in [1.82, 2.24) is 15.1 Å². The zero-order valence-electron chi connectivity index (χ0n) is 14.8. The summed E-state index contributed by atoms with van der Waals surface area (Å²) in [7, 11) is 0. The van der Waals surface area contributed by atoms with Crippen molar-refractivity contribution >= 4 is 11.8 Å². The van der Waals surface area contributed by atoms with E-state index in [1.807, 2.05) is 35.2 Å². The number of nitrogens with one attached hydrogen (secondary N) is 1. The minimum Gasteiger partial charge on any atom is -0.355 e. The fraction of sp³-hybridized carbons (Fsp3) is 0.579. The lowest BCUT2D eigenvalue weighted by Gasteiger charge is -2.34. The average molecular weight is 331 g/mol.